The number of pyridine rings is 1. The monoisotopic (exact) mass is 466 g/mol. The molecule has 0 N–H and O–H groups in total. The Hall–Kier alpha value is -2.70. The largest absolute Gasteiger partial charge is 0.314 e. The van der Waals surface area contributed by atoms with Gasteiger partial charge in [-0.15, -0.1) is 0 Å². The highest BCUT2D eigenvalue weighted by Crippen LogP contribution is 2.31. The summed E-state index contributed by atoms with van der Waals surface area (Å²) in [6, 6.07) is 7.65. The van der Waals surface area contributed by atoms with E-state index in [2.05, 4.69) is 9.88 Å². The Kier molecular flexibility index (Phi) is 6.86. The molecule has 3 heterocycles. The lowest BCUT2D eigenvalue weighted by Crippen LogP contribution is -2.34. The SMILES string of the molecule is CC(=O)N(CCCN1CC2=CN(C(=O)c3c(C)ccnc3C)CC2C1)c1ccc(C)c(Cl)c1. The van der Waals surface area contributed by atoms with Crippen molar-refractivity contribution in [3.63, 3.8) is 0 Å². The number of benzene rings is 1. The number of aromatic nitrogens is 1. The third-order valence-electron chi connectivity index (χ3n) is 6.67. The van der Waals surface area contributed by atoms with E-state index in [1.165, 1.54) is 5.57 Å². The van der Waals surface area contributed by atoms with Gasteiger partial charge in [-0.2, -0.15) is 0 Å². The van der Waals surface area contributed by atoms with Crippen molar-refractivity contribution in [2.45, 2.75) is 34.1 Å². The first-order chi connectivity index (χ1) is 15.7. The molecule has 174 valence electrons. The predicted octanol–water partition coefficient (Wildman–Crippen LogP) is 4.37. The van der Waals surface area contributed by atoms with Gasteiger partial charge in [-0.1, -0.05) is 17.7 Å². The van der Waals surface area contributed by atoms with Crippen molar-refractivity contribution in [2.75, 3.05) is 37.6 Å². The van der Waals surface area contributed by atoms with Crippen molar-refractivity contribution in [1.29, 1.82) is 0 Å². The average Bonchev–Trinajstić information content (AvgIpc) is 3.32. The maximum absolute atomic E-state index is 13.1. The zero-order valence-corrected chi connectivity index (χ0v) is 20.5. The number of aryl methyl sites for hydroxylation is 3. The van der Waals surface area contributed by atoms with Crippen LogP contribution in [0.25, 0.3) is 0 Å². The van der Waals surface area contributed by atoms with Crippen LogP contribution in [-0.2, 0) is 4.79 Å². The molecule has 2 aliphatic rings. The number of anilines is 1. The van der Waals surface area contributed by atoms with Crippen LogP contribution in [0.5, 0.6) is 0 Å². The number of likely N-dealkylation sites (tertiary alicyclic amines) is 1. The minimum absolute atomic E-state index is 0.0195. The van der Waals surface area contributed by atoms with Crippen molar-refractivity contribution >= 4 is 29.1 Å². The zero-order valence-electron chi connectivity index (χ0n) is 19.8. The molecular weight excluding hydrogens is 436 g/mol. The second kappa shape index (κ2) is 9.65. The van der Waals surface area contributed by atoms with Crippen LogP contribution in [0.2, 0.25) is 5.02 Å². The molecule has 1 saturated heterocycles. The molecule has 1 aromatic carbocycles. The van der Waals surface area contributed by atoms with E-state index >= 15 is 0 Å². The molecule has 0 spiro atoms. The summed E-state index contributed by atoms with van der Waals surface area (Å²) < 4.78 is 0. The molecule has 1 fully saturated rings. The minimum atomic E-state index is 0.0195. The summed E-state index contributed by atoms with van der Waals surface area (Å²) >= 11 is 6.26. The Balaban J connectivity index is 1.33. The number of rotatable bonds is 6. The molecule has 7 heteroatoms. The highest BCUT2D eigenvalue weighted by molar-refractivity contribution is 6.31. The van der Waals surface area contributed by atoms with Crippen LogP contribution >= 0.6 is 11.6 Å². The van der Waals surface area contributed by atoms with Crippen LogP contribution in [-0.4, -0.2) is 59.3 Å². The number of fused-ring (bicyclic) bond motifs is 1. The van der Waals surface area contributed by atoms with Gasteiger partial charge in [0.25, 0.3) is 5.91 Å². The van der Waals surface area contributed by atoms with Gasteiger partial charge in [0.15, 0.2) is 0 Å². The number of hydrogen-bond acceptors (Lipinski definition) is 4. The van der Waals surface area contributed by atoms with E-state index < -0.39 is 0 Å². The van der Waals surface area contributed by atoms with E-state index in [4.69, 9.17) is 11.6 Å². The molecule has 1 unspecified atom stereocenters. The Labute approximate surface area is 200 Å². The summed E-state index contributed by atoms with van der Waals surface area (Å²) in [5.41, 5.74) is 5.62. The quantitative estimate of drug-likeness (QED) is 0.634. The molecule has 2 aliphatic heterocycles. The standard InChI is InChI=1S/C26H31ClN4O2/c1-17-6-7-23(12-24(17)27)31(20(4)32)11-5-10-29-13-21-15-30(16-22(21)14-29)26(33)25-18(2)8-9-28-19(25)3/h6-9,12,15,22H,5,10-11,13-14,16H2,1-4H3. The van der Waals surface area contributed by atoms with E-state index in [0.717, 1.165) is 55.1 Å². The fourth-order valence-corrected chi connectivity index (χ4v) is 5.01. The molecule has 4 rings (SSSR count). The predicted molar refractivity (Wildman–Crippen MR) is 132 cm³/mol. The average molecular weight is 467 g/mol. The molecule has 33 heavy (non-hydrogen) atoms. The smallest absolute Gasteiger partial charge is 0.259 e. The second-order valence-electron chi connectivity index (χ2n) is 9.14. The normalized spacial score (nSPS) is 17.8. The third kappa shape index (κ3) is 4.97. The Bertz CT molecular complexity index is 1090. The summed E-state index contributed by atoms with van der Waals surface area (Å²) in [6.45, 7) is 11.5. The van der Waals surface area contributed by atoms with Gasteiger partial charge in [0.2, 0.25) is 5.91 Å². The van der Waals surface area contributed by atoms with Crippen molar-refractivity contribution < 1.29 is 9.59 Å². The molecule has 2 aromatic rings. The van der Waals surface area contributed by atoms with Crippen LogP contribution < -0.4 is 4.90 Å². The number of amides is 2. The Morgan fingerprint density at radius 2 is 1.94 bits per heavy atom. The topological polar surface area (TPSA) is 56.8 Å². The fourth-order valence-electron chi connectivity index (χ4n) is 4.84. The zero-order chi connectivity index (χ0) is 23.7. The lowest BCUT2D eigenvalue weighted by molar-refractivity contribution is -0.116. The number of nitrogens with zero attached hydrogens (tertiary/aromatic N) is 4. The Morgan fingerprint density at radius 3 is 2.61 bits per heavy atom. The van der Waals surface area contributed by atoms with E-state index in [-0.39, 0.29) is 11.8 Å². The van der Waals surface area contributed by atoms with Crippen LogP contribution in [0.3, 0.4) is 0 Å². The number of carbonyl (C=O) groups excluding carboxylic acids is 2. The van der Waals surface area contributed by atoms with Gasteiger partial charge in [0.05, 0.1) is 11.3 Å². The van der Waals surface area contributed by atoms with Crippen LogP contribution in [0.4, 0.5) is 5.69 Å². The number of halogens is 1. The molecule has 0 saturated carbocycles. The van der Waals surface area contributed by atoms with Crippen molar-refractivity contribution in [1.82, 2.24) is 14.8 Å². The third-order valence-corrected chi connectivity index (χ3v) is 7.08. The lowest BCUT2D eigenvalue weighted by atomic mass is 10.1. The first-order valence-corrected chi connectivity index (χ1v) is 11.8. The maximum Gasteiger partial charge on any atom is 0.259 e. The molecule has 2 amide bonds. The van der Waals surface area contributed by atoms with Gasteiger partial charge in [0.1, 0.15) is 0 Å². The first kappa shape index (κ1) is 23.5. The summed E-state index contributed by atoms with van der Waals surface area (Å²) in [5, 5.41) is 0.675. The van der Waals surface area contributed by atoms with Crippen molar-refractivity contribution in [2.24, 2.45) is 5.92 Å². The summed E-state index contributed by atoms with van der Waals surface area (Å²) in [7, 11) is 0. The van der Waals surface area contributed by atoms with Gasteiger partial charge in [-0.25, -0.2) is 0 Å². The van der Waals surface area contributed by atoms with Gasteiger partial charge >= 0.3 is 0 Å². The molecule has 1 aromatic heterocycles. The number of hydrogen-bond donors (Lipinski definition) is 0. The molecule has 6 nitrogen and oxygen atoms in total. The molecule has 0 aliphatic carbocycles. The fraction of sp³-hybridized carbons (Fsp3) is 0.423. The molecule has 0 radical (unpaired) electrons. The van der Waals surface area contributed by atoms with Crippen molar-refractivity contribution in [3.05, 3.63) is 69.6 Å². The number of carbonyl (C=O) groups is 2. The minimum Gasteiger partial charge on any atom is -0.314 e. The van der Waals surface area contributed by atoms with Gasteiger partial charge in [-0.3, -0.25) is 19.5 Å². The summed E-state index contributed by atoms with van der Waals surface area (Å²) in [5.74, 6) is 0.442. The molecular formula is C26H31ClN4O2. The lowest BCUT2D eigenvalue weighted by Gasteiger charge is -2.24. The van der Waals surface area contributed by atoms with Crippen molar-refractivity contribution in [3.8, 4) is 0 Å². The van der Waals surface area contributed by atoms with Crippen LogP contribution in [0, 0.1) is 26.7 Å². The van der Waals surface area contributed by atoms with E-state index in [1.807, 2.05) is 56.1 Å². The maximum atomic E-state index is 13.1. The van der Waals surface area contributed by atoms with Gasteiger partial charge < -0.3 is 9.80 Å². The van der Waals surface area contributed by atoms with E-state index in [0.29, 0.717) is 23.0 Å². The van der Waals surface area contributed by atoms with Crippen LogP contribution in [0.1, 0.15) is 40.5 Å². The van der Waals surface area contributed by atoms with Crippen LogP contribution in [0.15, 0.2) is 42.2 Å². The summed E-state index contributed by atoms with van der Waals surface area (Å²) in [6.07, 6.45) is 4.66. The Morgan fingerprint density at radius 1 is 1.15 bits per heavy atom. The molecule has 0 bridgehead atoms. The van der Waals surface area contributed by atoms with Gasteiger partial charge in [-0.05, 0) is 62.1 Å². The first-order valence-electron chi connectivity index (χ1n) is 11.4. The van der Waals surface area contributed by atoms with Gasteiger partial charge in [0, 0.05) is 68.7 Å². The van der Waals surface area contributed by atoms with E-state index in [9.17, 15) is 9.59 Å². The highest BCUT2D eigenvalue weighted by atomic mass is 35.5. The second-order valence-corrected chi connectivity index (χ2v) is 9.55. The molecule has 1 atom stereocenters. The summed E-state index contributed by atoms with van der Waals surface area (Å²) in [4.78, 5) is 35.6. The van der Waals surface area contributed by atoms with E-state index in [1.54, 1.807) is 18.0 Å². The highest BCUT2D eigenvalue weighted by Gasteiger charge is 2.36.